The molecule has 0 aromatic heterocycles. The number of carbonyl (C=O) groups excluding carboxylic acids is 2. The number of halogens is 3. The standard InChI is InChI=1S/C30H29F3N2O4S/c1-3-38-24-14-11-21(17-25(24)39-4-2)15-16-34-28(36)19-35-23-7-5-6-8-26(23)40-27(29(35)37)18-20-9-12-22(13-10-20)30(31,32)33/h5-14,17-18H,3-4,15-16,19H2,1-2H3,(H,34,36). The van der Waals surface area contributed by atoms with Crippen molar-refractivity contribution in [3.8, 4) is 11.5 Å². The summed E-state index contributed by atoms with van der Waals surface area (Å²) < 4.78 is 50.0. The molecule has 210 valence electrons. The molecule has 0 fully saturated rings. The molecule has 2 amide bonds. The fourth-order valence-corrected chi connectivity index (χ4v) is 5.19. The normalized spacial score (nSPS) is 14.2. The number of rotatable bonds is 10. The number of thioether (sulfide) groups is 1. The Balaban J connectivity index is 1.44. The van der Waals surface area contributed by atoms with Gasteiger partial charge in [0, 0.05) is 11.4 Å². The SMILES string of the molecule is CCOc1ccc(CCNC(=O)CN2C(=O)C(=Cc3ccc(C(F)(F)F)cc3)Sc3ccccc32)cc1OCC. The smallest absolute Gasteiger partial charge is 0.416 e. The average molecular weight is 571 g/mol. The van der Waals surface area contributed by atoms with Gasteiger partial charge in [-0.25, -0.2) is 0 Å². The van der Waals surface area contributed by atoms with Crippen molar-refractivity contribution < 1.29 is 32.2 Å². The van der Waals surface area contributed by atoms with E-state index in [2.05, 4.69) is 5.32 Å². The van der Waals surface area contributed by atoms with Crippen molar-refractivity contribution in [3.63, 3.8) is 0 Å². The van der Waals surface area contributed by atoms with Crippen LogP contribution in [0.4, 0.5) is 18.9 Å². The Bertz CT molecular complexity index is 1390. The zero-order valence-electron chi connectivity index (χ0n) is 22.1. The zero-order chi connectivity index (χ0) is 28.7. The number of hydrogen-bond donors (Lipinski definition) is 1. The Labute approximate surface area is 235 Å². The first kappa shape index (κ1) is 29.1. The summed E-state index contributed by atoms with van der Waals surface area (Å²) in [6.07, 6.45) is -2.35. The molecule has 0 aliphatic carbocycles. The molecule has 10 heteroatoms. The average Bonchev–Trinajstić information content (AvgIpc) is 2.92. The molecule has 1 aliphatic rings. The van der Waals surface area contributed by atoms with Gasteiger partial charge >= 0.3 is 6.18 Å². The lowest BCUT2D eigenvalue weighted by molar-refractivity contribution is -0.137. The molecule has 3 aromatic rings. The number of amides is 2. The van der Waals surface area contributed by atoms with Gasteiger partial charge < -0.3 is 14.8 Å². The Morgan fingerprint density at radius 1 is 0.975 bits per heavy atom. The molecule has 0 spiro atoms. The van der Waals surface area contributed by atoms with Gasteiger partial charge in [0.05, 0.1) is 29.4 Å². The second-order valence-electron chi connectivity index (χ2n) is 8.84. The van der Waals surface area contributed by atoms with Crippen molar-refractivity contribution in [2.75, 3.05) is 31.2 Å². The van der Waals surface area contributed by atoms with Crippen molar-refractivity contribution in [1.82, 2.24) is 5.32 Å². The first-order chi connectivity index (χ1) is 19.2. The van der Waals surface area contributed by atoms with Crippen LogP contribution in [0, 0.1) is 0 Å². The van der Waals surface area contributed by atoms with Crippen LogP contribution in [0.1, 0.15) is 30.5 Å². The molecule has 0 saturated heterocycles. The van der Waals surface area contributed by atoms with Crippen molar-refractivity contribution >= 4 is 35.3 Å². The first-order valence-corrected chi connectivity index (χ1v) is 13.6. The number of carbonyl (C=O) groups is 2. The molecule has 6 nitrogen and oxygen atoms in total. The minimum atomic E-state index is -4.44. The van der Waals surface area contributed by atoms with Gasteiger partial charge in [0.1, 0.15) is 6.54 Å². The zero-order valence-corrected chi connectivity index (χ0v) is 22.9. The Morgan fingerprint density at radius 3 is 2.38 bits per heavy atom. The number of fused-ring (bicyclic) bond motifs is 1. The highest BCUT2D eigenvalue weighted by Gasteiger charge is 2.31. The lowest BCUT2D eigenvalue weighted by Crippen LogP contribution is -2.43. The van der Waals surface area contributed by atoms with E-state index in [1.807, 2.05) is 44.2 Å². The Hall–Kier alpha value is -3.92. The van der Waals surface area contributed by atoms with Gasteiger partial charge in [-0.15, -0.1) is 0 Å². The number of ether oxygens (including phenoxy) is 2. The number of nitrogens with zero attached hydrogens (tertiary/aromatic N) is 1. The maximum atomic E-state index is 13.4. The summed E-state index contributed by atoms with van der Waals surface area (Å²) in [7, 11) is 0. The highest BCUT2D eigenvalue weighted by molar-refractivity contribution is 8.04. The van der Waals surface area contributed by atoms with Crippen LogP contribution in [0.25, 0.3) is 6.08 Å². The van der Waals surface area contributed by atoms with E-state index in [-0.39, 0.29) is 12.5 Å². The third kappa shape index (κ3) is 7.18. The molecular formula is C30H29F3N2O4S. The summed E-state index contributed by atoms with van der Waals surface area (Å²) >= 11 is 1.22. The maximum Gasteiger partial charge on any atom is 0.416 e. The van der Waals surface area contributed by atoms with Crippen LogP contribution in [0.2, 0.25) is 0 Å². The van der Waals surface area contributed by atoms with E-state index in [1.165, 1.54) is 34.9 Å². The number of anilines is 1. The largest absolute Gasteiger partial charge is 0.490 e. The third-order valence-corrected chi connectivity index (χ3v) is 7.09. The molecule has 4 rings (SSSR count). The van der Waals surface area contributed by atoms with Crippen LogP contribution >= 0.6 is 11.8 Å². The molecule has 0 atom stereocenters. The van der Waals surface area contributed by atoms with Crippen LogP contribution in [-0.2, 0) is 22.2 Å². The molecule has 40 heavy (non-hydrogen) atoms. The predicted molar refractivity (Wildman–Crippen MR) is 150 cm³/mol. The molecule has 1 N–H and O–H groups in total. The van der Waals surface area contributed by atoms with Gasteiger partial charge in [-0.3, -0.25) is 14.5 Å². The van der Waals surface area contributed by atoms with E-state index in [9.17, 15) is 22.8 Å². The molecule has 0 bridgehead atoms. The monoisotopic (exact) mass is 570 g/mol. The van der Waals surface area contributed by atoms with Gasteiger partial charge in [0.15, 0.2) is 11.5 Å². The molecule has 0 unspecified atom stereocenters. The topological polar surface area (TPSA) is 67.9 Å². The summed E-state index contributed by atoms with van der Waals surface area (Å²) in [5.41, 5.74) is 1.25. The number of hydrogen-bond acceptors (Lipinski definition) is 5. The Kier molecular flexibility index (Phi) is 9.42. The minimum Gasteiger partial charge on any atom is -0.490 e. The van der Waals surface area contributed by atoms with Gasteiger partial charge in [0.25, 0.3) is 5.91 Å². The molecule has 1 heterocycles. The summed E-state index contributed by atoms with van der Waals surface area (Å²) in [6.45, 7) is 4.97. The van der Waals surface area contributed by atoms with Crippen LogP contribution < -0.4 is 19.7 Å². The van der Waals surface area contributed by atoms with Crippen LogP contribution in [0.5, 0.6) is 11.5 Å². The molecule has 3 aromatic carbocycles. The first-order valence-electron chi connectivity index (χ1n) is 12.8. The molecule has 0 radical (unpaired) electrons. The number of nitrogens with one attached hydrogen (secondary N) is 1. The summed E-state index contributed by atoms with van der Waals surface area (Å²) in [6, 6.07) is 17.4. The van der Waals surface area contributed by atoms with Gasteiger partial charge in [-0.2, -0.15) is 13.2 Å². The lowest BCUT2D eigenvalue weighted by atomic mass is 10.1. The Morgan fingerprint density at radius 2 is 1.68 bits per heavy atom. The van der Waals surface area contributed by atoms with Crippen molar-refractivity contribution in [3.05, 3.63) is 88.3 Å². The quantitative estimate of drug-likeness (QED) is 0.288. The van der Waals surface area contributed by atoms with E-state index in [0.717, 1.165) is 22.6 Å². The molecule has 1 aliphatic heterocycles. The van der Waals surface area contributed by atoms with Crippen molar-refractivity contribution in [2.45, 2.75) is 31.3 Å². The fraction of sp³-hybridized carbons (Fsp3) is 0.267. The summed E-state index contributed by atoms with van der Waals surface area (Å²) in [5.74, 6) is 0.581. The van der Waals surface area contributed by atoms with Gasteiger partial charge in [-0.1, -0.05) is 42.1 Å². The van der Waals surface area contributed by atoms with E-state index >= 15 is 0 Å². The van der Waals surface area contributed by atoms with Gasteiger partial charge in [-0.05, 0) is 73.9 Å². The second kappa shape index (κ2) is 13.0. The third-order valence-electron chi connectivity index (χ3n) is 6.01. The number of alkyl halides is 3. The van der Waals surface area contributed by atoms with E-state index in [4.69, 9.17) is 9.47 Å². The van der Waals surface area contributed by atoms with Crippen LogP contribution in [-0.4, -0.2) is 38.1 Å². The van der Waals surface area contributed by atoms with E-state index in [1.54, 1.807) is 12.1 Å². The summed E-state index contributed by atoms with van der Waals surface area (Å²) in [5, 5.41) is 2.87. The van der Waals surface area contributed by atoms with E-state index < -0.39 is 17.6 Å². The molecule has 0 saturated carbocycles. The highest BCUT2D eigenvalue weighted by atomic mass is 32.2. The minimum absolute atomic E-state index is 0.200. The lowest BCUT2D eigenvalue weighted by Gasteiger charge is -2.29. The van der Waals surface area contributed by atoms with Crippen LogP contribution in [0.15, 0.2) is 76.5 Å². The second-order valence-corrected chi connectivity index (χ2v) is 9.92. The summed E-state index contributed by atoms with van der Waals surface area (Å²) in [4.78, 5) is 28.7. The van der Waals surface area contributed by atoms with Crippen LogP contribution in [0.3, 0.4) is 0 Å². The number of para-hydroxylation sites is 1. The van der Waals surface area contributed by atoms with E-state index in [0.29, 0.717) is 53.8 Å². The predicted octanol–water partition coefficient (Wildman–Crippen LogP) is 6.34. The van der Waals surface area contributed by atoms with Gasteiger partial charge in [0.2, 0.25) is 5.91 Å². The number of benzene rings is 3. The maximum absolute atomic E-state index is 13.4. The highest BCUT2D eigenvalue weighted by Crippen LogP contribution is 2.42. The fourth-order valence-electron chi connectivity index (χ4n) is 4.14. The van der Waals surface area contributed by atoms with Crippen molar-refractivity contribution in [1.29, 1.82) is 0 Å². The molecular weight excluding hydrogens is 541 g/mol. The van der Waals surface area contributed by atoms with Crippen molar-refractivity contribution in [2.24, 2.45) is 0 Å².